The fourth-order valence-corrected chi connectivity index (χ4v) is 5.07. The van der Waals surface area contributed by atoms with Gasteiger partial charge in [0.15, 0.2) is 0 Å². The molecule has 0 aromatic heterocycles. The maximum absolute atomic E-state index is 13.3. The zero-order valence-corrected chi connectivity index (χ0v) is 19.9. The Morgan fingerprint density at radius 1 is 1.06 bits per heavy atom. The molecule has 2 unspecified atom stereocenters. The zero-order chi connectivity index (χ0) is 22.4. The molecule has 1 heterocycles. The summed E-state index contributed by atoms with van der Waals surface area (Å²) in [6, 6.07) is 3.29. The van der Waals surface area contributed by atoms with Crippen LogP contribution in [0.25, 0.3) is 0 Å². The summed E-state index contributed by atoms with van der Waals surface area (Å²) in [6.07, 6.45) is 6.85. The highest BCUT2D eigenvalue weighted by Gasteiger charge is 2.32. The van der Waals surface area contributed by atoms with Crippen molar-refractivity contribution in [1.82, 2.24) is 10.2 Å². The molecule has 1 saturated carbocycles. The Balaban J connectivity index is 1.66. The molecule has 1 aliphatic heterocycles. The predicted octanol–water partition coefficient (Wildman–Crippen LogP) is 3.52. The average Bonchev–Trinajstić information content (AvgIpc) is 3.07. The Bertz CT molecular complexity index is 754. The van der Waals surface area contributed by atoms with E-state index >= 15 is 0 Å². The number of halogens is 1. The summed E-state index contributed by atoms with van der Waals surface area (Å²) >= 11 is 3.41. The van der Waals surface area contributed by atoms with Crippen molar-refractivity contribution >= 4 is 27.7 Å². The number of hydrogen-bond donors (Lipinski definition) is 2. The van der Waals surface area contributed by atoms with Crippen LogP contribution in [0, 0.1) is 5.92 Å². The summed E-state index contributed by atoms with van der Waals surface area (Å²) in [4.78, 5) is 27.7. The first-order valence-electron chi connectivity index (χ1n) is 11.1. The summed E-state index contributed by atoms with van der Waals surface area (Å²) in [7, 11) is 3.04. The van der Waals surface area contributed by atoms with Crippen LogP contribution in [0.4, 0.5) is 0 Å². The SMILES string of the molecule is COc1cc(Br)cc(OC)c1C(=O)N1CCCC(NC(=O)C(O)C2CCCCCC2)C1. The van der Waals surface area contributed by atoms with E-state index in [-0.39, 0.29) is 23.8 Å². The summed E-state index contributed by atoms with van der Waals surface area (Å²) in [6.45, 7) is 0.989. The van der Waals surface area contributed by atoms with Crippen molar-refractivity contribution in [2.45, 2.75) is 63.5 Å². The van der Waals surface area contributed by atoms with Gasteiger partial charge in [0.1, 0.15) is 23.2 Å². The van der Waals surface area contributed by atoms with Crippen LogP contribution in [0.2, 0.25) is 0 Å². The highest BCUT2D eigenvalue weighted by atomic mass is 79.9. The molecule has 31 heavy (non-hydrogen) atoms. The second-order valence-electron chi connectivity index (χ2n) is 8.48. The minimum absolute atomic E-state index is 0.0279. The lowest BCUT2D eigenvalue weighted by Gasteiger charge is -2.34. The van der Waals surface area contributed by atoms with Crippen molar-refractivity contribution < 1.29 is 24.2 Å². The fraction of sp³-hybridized carbons (Fsp3) is 0.652. The van der Waals surface area contributed by atoms with Gasteiger partial charge in [-0.1, -0.05) is 41.6 Å². The van der Waals surface area contributed by atoms with E-state index in [1.807, 2.05) is 0 Å². The molecular formula is C23H33BrN2O5. The van der Waals surface area contributed by atoms with Gasteiger partial charge < -0.3 is 24.8 Å². The number of amides is 2. The van der Waals surface area contributed by atoms with Crippen LogP contribution in [0.5, 0.6) is 11.5 Å². The lowest BCUT2D eigenvalue weighted by molar-refractivity contribution is -0.133. The van der Waals surface area contributed by atoms with Crippen molar-refractivity contribution in [3.05, 3.63) is 22.2 Å². The molecule has 0 spiro atoms. The Morgan fingerprint density at radius 3 is 2.26 bits per heavy atom. The van der Waals surface area contributed by atoms with Crippen LogP contribution in [-0.4, -0.2) is 61.3 Å². The van der Waals surface area contributed by atoms with E-state index in [0.29, 0.717) is 30.2 Å². The van der Waals surface area contributed by atoms with Gasteiger partial charge >= 0.3 is 0 Å². The lowest BCUT2D eigenvalue weighted by atomic mass is 9.93. The van der Waals surface area contributed by atoms with Crippen LogP contribution in [0.3, 0.4) is 0 Å². The second kappa shape index (κ2) is 11.2. The van der Waals surface area contributed by atoms with Gasteiger partial charge in [-0.05, 0) is 43.7 Å². The third kappa shape index (κ3) is 5.92. The second-order valence-corrected chi connectivity index (χ2v) is 9.40. The number of aliphatic hydroxyl groups excluding tert-OH is 1. The minimum Gasteiger partial charge on any atom is -0.496 e. The van der Waals surface area contributed by atoms with Crippen LogP contribution in [0.1, 0.15) is 61.7 Å². The van der Waals surface area contributed by atoms with E-state index < -0.39 is 6.10 Å². The van der Waals surface area contributed by atoms with E-state index in [1.54, 1.807) is 17.0 Å². The number of nitrogens with one attached hydrogen (secondary N) is 1. The van der Waals surface area contributed by atoms with Crippen molar-refractivity contribution in [2.75, 3.05) is 27.3 Å². The number of carbonyl (C=O) groups excluding carboxylic acids is 2. The van der Waals surface area contributed by atoms with Gasteiger partial charge in [-0.3, -0.25) is 9.59 Å². The number of benzene rings is 1. The van der Waals surface area contributed by atoms with Gasteiger partial charge in [-0.25, -0.2) is 0 Å². The molecule has 2 fully saturated rings. The maximum Gasteiger partial charge on any atom is 0.261 e. The highest BCUT2D eigenvalue weighted by Crippen LogP contribution is 2.34. The molecule has 2 amide bonds. The minimum atomic E-state index is -0.976. The first-order chi connectivity index (χ1) is 14.9. The molecule has 1 aromatic carbocycles. The third-order valence-electron chi connectivity index (χ3n) is 6.35. The molecule has 8 heteroatoms. The Kier molecular flexibility index (Phi) is 8.60. The van der Waals surface area contributed by atoms with Crippen LogP contribution >= 0.6 is 15.9 Å². The molecular weight excluding hydrogens is 464 g/mol. The summed E-state index contributed by atoms with van der Waals surface area (Å²) in [5.74, 6) is 0.395. The number of carbonyl (C=O) groups is 2. The van der Waals surface area contributed by atoms with Crippen molar-refractivity contribution in [3.63, 3.8) is 0 Å². The number of methoxy groups -OCH3 is 2. The molecule has 1 aromatic rings. The molecule has 2 aliphatic rings. The molecule has 0 bridgehead atoms. The normalized spacial score (nSPS) is 21.2. The molecule has 3 rings (SSSR count). The van der Waals surface area contributed by atoms with E-state index in [4.69, 9.17) is 9.47 Å². The van der Waals surface area contributed by atoms with Gasteiger partial charge in [0.2, 0.25) is 5.91 Å². The van der Waals surface area contributed by atoms with E-state index in [2.05, 4.69) is 21.2 Å². The van der Waals surface area contributed by atoms with Gasteiger partial charge in [0.25, 0.3) is 5.91 Å². The number of piperidine rings is 1. The van der Waals surface area contributed by atoms with Gasteiger partial charge in [-0.2, -0.15) is 0 Å². The van der Waals surface area contributed by atoms with Crippen molar-refractivity contribution in [2.24, 2.45) is 5.92 Å². The molecule has 2 N–H and O–H groups in total. The van der Waals surface area contributed by atoms with Gasteiger partial charge in [0, 0.05) is 23.6 Å². The summed E-state index contributed by atoms with van der Waals surface area (Å²) < 4.78 is 11.6. The molecule has 2 atom stereocenters. The topological polar surface area (TPSA) is 88.1 Å². The first-order valence-corrected chi connectivity index (χ1v) is 11.9. The Hall–Kier alpha value is -1.80. The predicted molar refractivity (Wildman–Crippen MR) is 122 cm³/mol. The van der Waals surface area contributed by atoms with Crippen molar-refractivity contribution in [1.29, 1.82) is 0 Å². The van der Waals surface area contributed by atoms with E-state index in [1.165, 1.54) is 27.1 Å². The van der Waals surface area contributed by atoms with Gasteiger partial charge in [-0.15, -0.1) is 0 Å². The van der Waals surface area contributed by atoms with E-state index in [9.17, 15) is 14.7 Å². The monoisotopic (exact) mass is 496 g/mol. The zero-order valence-electron chi connectivity index (χ0n) is 18.4. The number of hydrogen-bond acceptors (Lipinski definition) is 5. The molecule has 0 radical (unpaired) electrons. The molecule has 7 nitrogen and oxygen atoms in total. The standard InChI is InChI=1S/C23H33BrN2O5/c1-30-18-12-16(24)13-19(31-2)20(18)23(29)26-11-7-10-17(14-26)25-22(28)21(27)15-8-5-3-4-6-9-15/h12-13,15,17,21,27H,3-11,14H2,1-2H3,(H,25,28). The average molecular weight is 497 g/mol. The van der Waals surface area contributed by atoms with Crippen LogP contribution < -0.4 is 14.8 Å². The highest BCUT2D eigenvalue weighted by molar-refractivity contribution is 9.10. The quantitative estimate of drug-likeness (QED) is 0.588. The smallest absolute Gasteiger partial charge is 0.261 e. The Morgan fingerprint density at radius 2 is 1.68 bits per heavy atom. The fourth-order valence-electron chi connectivity index (χ4n) is 4.66. The largest absolute Gasteiger partial charge is 0.496 e. The van der Waals surface area contributed by atoms with Crippen LogP contribution in [-0.2, 0) is 4.79 Å². The van der Waals surface area contributed by atoms with Crippen molar-refractivity contribution in [3.8, 4) is 11.5 Å². The third-order valence-corrected chi connectivity index (χ3v) is 6.81. The molecule has 172 valence electrons. The number of likely N-dealkylation sites (tertiary alicyclic amines) is 1. The first kappa shape index (κ1) is 23.9. The number of rotatable bonds is 6. The lowest BCUT2D eigenvalue weighted by Crippen LogP contribution is -2.52. The molecule has 1 saturated heterocycles. The summed E-state index contributed by atoms with van der Waals surface area (Å²) in [5, 5.41) is 13.6. The van der Waals surface area contributed by atoms with E-state index in [0.717, 1.165) is 43.0 Å². The maximum atomic E-state index is 13.3. The number of ether oxygens (including phenoxy) is 2. The number of nitrogens with zero attached hydrogens (tertiary/aromatic N) is 1. The summed E-state index contributed by atoms with van der Waals surface area (Å²) in [5.41, 5.74) is 0.374. The number of aliphatic hydroxyl groups is 1. The van der Waals surface area contributed by atoms with Gasteiger partial charge in [0.05, 0.1) is 14.2 Å². The Labute approximate surface area is 192 Å². The van der Waals surface area contributed by atoms with Crippen LogP contribution in [0.15, 0.2) is 16.6 Å². The molecule has 1 aliphatic carbocycles.